The zero-order valence-corrected chi connectivity index (χ0v) is 33.9. The van der Waals surface area contributed by atoms with E-state index in [0.717, 1.165) is 40.5 Å². The van der Waals surface area contributed by atoms with Crippen LogP contribution in [0, 0.1) is 18.6 Å². The van der Waals surface area contributed by atoms with Gasteiger partial charge in [0, 0.05) is 23.4 Å². The van der Waals surface area contributed by atoms with Gasteiger partial charge in [0.1, 0.15) is 36.7 Å². The van der Waals surface area contributed by atoms with Gasteiger partial charge >= 0.3 is 0 Å². The first-order valence-electron chi connectivity index (χ1n) is 16.2. The summed E-state index contributed by atoms with van der Waals surface area (Å²) in [6.07, 6.45) is 0. The smallest absolute Gasteiger partial charge is 0.247 e. The summed E-state index contributed by atoms with van der Waals surface area (Å²) in [6, 6.07) is 11.7. The van der Waals surface area contributed by atoms with Crippen molar-refractivity contribution in [3.8, 4) is 0 Å². The third kappa shape index (κ3) is 8.60. The van der Waals surface area contributed by atoms with Crippen LogP contribution in [0.4, 0.5) is 19.7 Å². The van der Waals surface area contributed by atoms with E-state index in [2.05, 4.69) is 20.7 Å². The number of carbonyl (C=O) groups excluding carboxylic acids is 2. The van der Waals surface area contributed by atoms with E-state index < -0.39 is 62.4 Å². The van der Waals surface area contributed by atoms with E-state index in [1.54, 1.807) is 13.1 Å². The average Bonchev–Trinajstić information content (AvgIpc) is 3.59. The van der Waals surface area contributed by atoms with Gasteiger partial charge in [-0.1, -0.05) is 65.8 Å². The van der Waals surface area contributed by atoms with Crippen molar-refractivity contribution in [2.45, 2.75) is 106 Å². The van der Waals surface area contributed by atoms with Crippen LogP contribution in [-0.2, 0) is 47.1 Å². The first-order chi connectivity index (χ1) is 23.6. The van der Waals surface area contributed by atoms with E-state index in [-0.39, 0.29) is 10.8 Å². The van der Waals surface area contributed by atoms with Gasteiger partial charge in [-0.3, -0.25) is 14.3 Å². The molecule has 2 amide bonds. The second-order valence-electron chi connectivity index (χ2n) is 15.3. The number of hydrogen-bond acceptors (Lipinski definition) is 9. The van der Waals surface area contributed by atoms with Gasteiger partial charge in [0.25, 0.3) is 0 Å². The van der Waals surface area contributed by atoms with Crippen LogP contribution in [0.15, 0.2) is 64.4 Å². The molecule has 2 aromatic heterocycles. The highest BCUT2D eigenvalue weighted by molar-refractivity contribution is 7.94. The number of aromatic nitrogens is 3. The Morgan fingerprint density at radius 1 is 0.712 bits per heavy atom. The normalized spacial score (nSPS) is 12.9. The number of amides is 2. The molecule has 4 aromatic rings. The van der Waals surface area contributed by atoms with Gasteiger partial charge in [0.2, 0.25) is 11.8 Å². The summed E-state index contributed by atoms with van der Waals surface area (Å²) in [6.45, 7) is 18.9. The maximum atomic E-state index is 14.0. The summed E-state index contributed by atoms with van der Waals surface area (Å²) < 4.78 is 77.0. The summed E-state index contributed by atoms with van der Waals surface area (Å²) in [5.74, 6) is -2.91. The molecule has 0 bridgehead atoms. The summed E-state index contributed by atoms with van der Waals surface area (Å²) in [5.41, 5.74) is 1.17. The molecule has 52 heavy (non-hydrogen) atoms. The van der Waals surface area contributed by atoms with Crippen LogP contribution in [0.2, 0.25) is 0 Å². The summed E-state index contributed by atoms with van der Waals surface area (Å²) in [7, 11) is -6.81. The molecule has 4 rings (SSSR count). The quantitative estimate of drug-likeness (QED) is 0.191. The second kappa shape index (κ2) is 14.8. The molecule has 0 atom stereocenters. The Bertz CT molecular complexity index is 2190. The molecular formula is C36H47F2N5O6S3. The molecule has 2 aromatic carbocycles. The first-order valence-corrected chi connectivity index (χ1v) is 20.0. The van der Waals surface area contributed by atoms with E-state index >= 15 is 0 Å². The fourth-order valence-electron chi connectivity index (χ4n) is 4.73. The predicted octanol–water partition coefficient (Wildman–Crippen LogP) is 7.13. The Labute approximate surface area is 309 Å². The van der Waals surface area contributed by atoms with Crippen molar-refractivity contribution in [2.24, 2.45) is 7.05 Å². The van der Waals surface area contributed by atoms with Crippen molar-refractivity contribution in [1.29, 1.82) is 0 Å². The highest BCUT2D eigenvalue weighted by Crippen LogP contribution is 2.35. The predicted molar refractivity (Wildman–Crippen MR) is 200 cm³/mol. The monoisotopic (exact) mass is 779 g/mol. The van der Waals surface area contributed by atoms with E-state index in [9.17, 15) is 35.2 Å². The van der Waals surface area contributed by atoms with Gasteiger partial charge in [0.15, 0.2) is 24.8 Å². The lowest BCUT2D eigenvalue weighted by Gasteiger charge is -2.24. The third-order valence-electron chi connectivity index (χ3n) is 8.28. The average molecular weight is 780 g/mol. The maximum absolute atomic E-state index is 14.0. The molecule has 0 unspecified atom stereocenters. The number of sulfone groups is 2. The minimum absolute atomic E-state index is 0.139. The van der Waals surface area contributed by atoms with Crippen molar-refractivity contribution in [2.75, 3.05) is 10.6 Å². The Morgan fingerprint density at radius 3 is 1.50 bits per heavy atom. The van der Waals surface area contributed by atoms with Crippen molar-refractivity contribution < 1.29 is 35.2 Å². The van der Waals surface area contributed by atoms with Crippen molar-refractivity contribution in [1.82, 2.24) is 14.8 Å². The second-order valence-corrected chi connectivity index (χ2v) is 21.2. The molecule has 0 saturated carbocycles. The van der Waals surface area contributed by atoms with Crippen LogP contribution in [0.1, 0.15) is 85.5 Å². The van der Waals surface area contributed by atoms with Gasteiger partial charge in [-0.15, -0.1) is 11.3 Å². The van der Waals surface area contributed by atoms with Gasteiger partial charge < -0.3 is 10.6 Å². The number of carbonyl (C=O) groups is 2. The number of nitrogens with one attached hydrogen (secondary N) is 2. The molecule has 0 radical (unpaired) electrons. The van der Waals surface area contributed by atoms with Crippen LogP contribution in [0.3, 0.4) is 0 Å². The topological polar surface area (TPSA) is 157 Å². The van der Waals surface area contributed by atoms with Crippen LogP contribution < -0.4 is 10.6 Å². The molecule has 0 fully saturated rings. The fraction of sp³-hybridized carbons (Fsp3) is 0.444. The lowest BCUT2D eigenvalue weighted by molar-refractivity contribution is -0.118. The van der Waals surface area contributed by atoms with Crippen LogP contribution in [0.5, 0.6) is 0 Å². The summed E-state index contributed by atoms with van der Waals surface area (Å²) >= 11 is 1.31. The van der Waals surface area contributed by atoms with Crippen LogP contribution >= 0.6 is 11.3 Å². The molecule has 0 aliphatic carbocycles. The number of nitrogens with zero attached hydrogens (tertiary/aromatic N) is 3. The Balaban J connectivity index is 0.000000280. The Morgan fingerprint density at radius 2 is 1.13 bits per heavy atom. The number of aryl methyl sites for hydroxylation is 2. The first kappa shape index (κ1) is 42.4. The van der Waals surface area contributed by atoms with Gasteiger partial charge in [-0.05, 0) is 64.3 Å². The fourth-order valence-corrected chi connectivity index (χ4v) is 8.60. The van der Waals surface area contributed by atoms with Gasteiger partial charge in [-0.25, -0.2) is 30.6 Å². The number of benzene rings is 2. The highest BCUT2D eigenvalue weighted by atomic mass is 32.2. The number of hydrogen-bond donors (Lipinski definition) is 2. The maximum Gasteiger partial charge on any atom is 0.247 e. The largest absolute Gasteiger partial charge is 0.310 e. The molecule has 284 valence electrons. The van der Waals surface area contributed by atoms with Crippen molar-refractivity contribution in [3.05, 3.63) is 82.5 Å². The molecule has 2 N–H and O–H groups in total. The summed E-state index contributed by atoms with van der Waals surface area (Å²) in [5, 5.41) is 9.85. The molecule has 16 heteroatoms. The minimum atomic E-state index is -4.24. The molecule has 0 spiro atoms. The van der Waals surface area contributed by atoms with Crippen LogP contribution in [0.25, 0.3) is 0 Å². The molecule has 0 aliphatic heterocycles. The lowest BCUT2D eigenvalue weighted by atomic mass is 9.92. The molecule has 0 aliphatic rings. The van der Waals surface area contributed by atoms with Gasteiger partial charge in [-0.2, -0.15) is 5.10 Å². The third-order valence-corrected chi connectivity index (χ3v) is 14.7. The van der Waals surface area contributed by atoms with E-state index in [4.69, 9.17) is 0 Å². The molecule has 0 saturated heterocycles. The minimum Gasteiger partial charge on any atom is -0.310 e. The van der Waals surface area contributed by atoms with Crippen LogP contribution in [-0.4, -0.2) is 52.9 Å². The standard InChI is InChI=1S/C18H24FN3O3S.C18H23FN2O3S2/c1-17(2,3)14-11-15(22(6)21-14)20-16(23)18(4,5)26(24,25)13-10-8-7-9-12(13)19;1-11-14(17(2,3)4)25-16(20-11)21-15(22)18(5,6)26(23,24)13-10-8-7-9-12(13)19/h7-11H,1-6H3,(H,20,23);7-10H,1-6H3,(H,20,21,22). The zero-order chi connectivity index (χ0) is 39.8. The summed E-state index contributed by atoms with van der Waals surface area (Å²) in [4.78, 5) is 29.7. The van der Waals surface area contributed by atoms with Gasteiger partial charge in [0.05, 0.1) is 11.4 Å². The van der Waals surface area contributed by atoms with E-state index in [0.29, 0.717) is 10.9 Å². The molecule has 11 nitrogen and oxygen atoms in total. The number of anilines is 2. The van der Waals surface area contributed by atoms with Crippen molar-refractivity contribution >= 4 is 53.8 Å². The zero-order valence-electron chi connectivity index (χ0n) is 31.5. The van der Waals surface area contributed by atoms with Crippen molar-refractivity contribution in [3.63, 3.8) is 0 Å². The Kier molecular flexibility index (Phi) is 12.0. The Hall–Kier alpha value is -4.02. The number of halogens is 2. The highest BCUT2D eigenvalue weighted by Gasteiger charge is 2.45. The van der Waals surface area contributed by atoms with E-state index in [1.807, 2.05) is 48.5 Å². The lowest BCUT2D eigenvalue weighted by Crippen LogP contribution is -2.45. The number of rotatable bonds is 8. The SMILES string of the molecule is Cc1nc(NC(=O)C(C)(C)S(=O)(=O)c2ccccc2F)sc1C(C)(C)C.Cn1nc(C(C)(C)C)cc1NC(=O)C(C)(C)S(=O)(=O)c1ccccc1F. The number of thiazole rings is 1. The van der Waals surface area contributed by atoms with E-state index in [1.165, 1.54) is 68.0 Å². The molecular weight excluding hydrogens is 733 g/mol. The molecule has 2 heterocycles.